The van der Waals surface area contributed by atoms with Crippen LogP contribution >= 0.6 is 22.6 Å². The average molecular weight is 340 g/mol. The predicted octanol–water partition coefficient (Wildman–Crippen LogP) is 4.22. The molecule has 0 atom stereocenters. The molecular weight excluding hydrogens is 323 g/mol. The fourth-order valence-corrected chi connectivity index (χ4v) is 2.33. The molecule has 0 saturated heterocycles. The molecule has 2 aromatic rings. The van der Waals surface area contributed by atoms with Gasteiger partial charge >= 0.3 is 0 Å². The Bertz CT molecular complexity index is 523. The van der Waals surface area contributed by atoms with Crippen LogP contribution in [0.1, 0.15) is 26.0 Å². The summed E-state index contributed by atoms with van der Waals surface area (Å²) in [5.41, 5.74) is 3.45. The Kier molecular flexibility index (Phi) is 4.20. The molecule has 1 N–H and O–H groups in total. The van der Waals surface area contributed by atoms with Crippen LogP contribution in [0.5, 0.6) is 0 Å². The van der Waals surface area contributed by atoms with Gasteiger partial charge in [0.2, 0.25) is 0 Å². The summed E-state index contributed by atoms with van der Waals surface area (Å²) in [6, 6.07) is 8.58. The molecule has 0 aliphatic heterocycles. The van der Waals surface area contributed by atoms with Gasteiger partial charge in [0.15, 0.2) is 0 Å². The molecule has 1 aromatic carbocycles. The Balaban J connectivity index is 2.55. The second-order valence-electron chi connectivity index (χ2n) is 4.10. The Morgan fingerprint density at radius 3 is 2.76 bits per heavy atom. The molecule has 17 heavy (non-hydrogen) atoms. The van der Waals surface area contributed by atoms with Crippen molar-refractivity contribution in [2.75, 3.05) is 11.9 Å². The number of fused-ring (bicyclic) bond motifs is 1. The van der Waals surface area contributed by atoms with Gasteiger partial charge < -0.3 is 5.32 Å². The third-order valence-electron chi connectivity index (χ3n) is 2.75. The summed E-state index contributed by atoms with van der Waals surface area (Å²) in [5, 5.41) is 4.72. The Morgan fingerprint density at radius 1 is 1.24 bits per heavy atom. The van der Waals surface area contributed by atoms with Gasteiger partial charge in [0, 0.05) is 26.9 Å². The minimum absolute atomic E-state index is 0.975. The fourth-order valence-electron chi connectivity index (χ4n) is 1.84. The summed E-state index contributed by atoms with van der Waals surface area (Å²) in [5.74, 6) is 0. The Labute approximate surface area is 116 Å². The number of anilines is 1. The van der Waals surface area contributed by atoms with Crippen LogP contribution in [0.3, 0.4) is 0 Å². The number of benzene rings is 1. The first-order valence-electron chi connectivity index (χ1n) is 6.07. The number of pyridine rings is 1. The second-order valence-corrected chi connectivity index (χ2v) is 5.35. The average Bonchev–Trinajstić information content (AvgIpc) is 2.35. The third-order valence-corrected chi connectivity index (χ3v) is 3.42. The maximum Gasteiger partial charge on any atom is 0.0726 e. The lowest BCUT2D eigenvalue weighted by molar-refractivity contribution is 0.977. The van der Waals surface area contributed by atoms with Gasteiger partial charge in [0.05, 0.1) is 5.52 Å². The van der Waals surface area contributed by atoms with E-state index in [1.54, 1.807) is 0 Å². The molecule has 2 nitrogen and oxygen atoms in total. The summed E-state index contributed by atoms with van der Waals surface area (Å²) in [6.45, 7) is 5.33. The monoisotopic (exact) mass is 340 g/mol. The van der Waals surface area contributed by atoms with Gasteiger partial charge in [-0.05, 0) is 59.7 Å². The lowest BCUT2D eigenvalue weighted by atomic mass is 10.1. The molecule has 1 heterocycles. The van der Waals surface area contributed by atoms with E-state index >= 15 is 0 Å². The largest absolute Gasteiger partial charge is 0.384 e. The molecule has 0 fully saturated rings. The number of nitrogens with one attached hydrogen (secondary N) is 1. The van der Waals surface area contributed by atoms with Gasteiger partial charge in [-0.25, -0.2) is 0 Å². The fraction of sp³-hybridized carbons (Fsp3) is 0.357. The molecule has 0 spiro atoms. The van der Waals surface area contributed by atoms with Crippen LogP contribution in [0, 0.1) is 3.57 Å². The minimum atomic E-state index is 0.975. The molecule has 2 rings (SSSR count). The lowest BCUT2D eigenvalue weighted by Gasteiger charge is -2.11. The van der Waals surface area contributed by atoms with Crippen LogP contribution in [0.25, 0.3) is 10.9 Å². The normalized spacial score (nSPS) is 10.8. The SMILES string of the molecule is CCCNc1cc(CC)nc2ccc(I)cc12. The van der Waals surface area contributed by atoms with Crippen LogP contribution in [0.2, 0.25) is 0 Å². The number of hydrogen-bond donors (Lipinski definition) is 1. The highest BCUT2D eigenvalue weighted by Gasteiger charge is 2.05. The molecule has 0 amide bonds. The summed E-state index contributed by atoms with van der Waals surface area (Å²) in [6.07, 6.45) is 2.11. The van der Waals surface area contributed by atoms with Crippen LogP contribution in [-0.2, 0) is 6.42 Å². The Hall–Kier alpha value is -0.840. The number of nitrogens with zero attached hydrogens (tertiary/aromatic N) is 1. The van der Waals surface area contributed by atoms with Gasteiger partial charge in [-0.15, -0.1) is 0 Å². The van der Waals surface area contributed by atoms with Crippen molar-refractivity contribution in [2.45, 2.75) is 26.7 Å². The molecule has 0 aliphatic rings. The van der Waals surface area contributed by atoms with Crippen molar-refractivity contribution >= 4 is 39.2 Å². The lowest BCUT2D eigenvalue weighted by Crippen LogP contribution is -2.02. The molecule has 3 heteroatoms. The van der Waals surface area contributed by atoms with E-state index in [4.69, 9.17) is 0 Å². The van der Waals surface area contributed by atoms with Crippen molar-refractivity contribution in [1.29, 1.82) is 0 Å². The van der Waals surface area contributed by atoms with Gasteiger partial charge in [-0.2, -0.15) is 0 Å². The van der Waals surface area contributed by atoms with Crippen molar-refractivity contribution in [3.05, 3.63) is 33.5 Å². The van der Waals surface area contributed by atoms with Crippen LogP contribution in [0.4, 0.5) is 5.69 Å². The maximum atomic E-state index is 4.66. The van der Waals surface area contributed by atoms with Crippen molar-refractivity contribution in [1.82, 2.24) is 4.98 Å². The van der Waals surface area contributed by atoms with Crippen molar-refractivity contribution in [3.63, 3.8) is 0 Å². The highest BCUT2D eigenvalue weighted by Crippen LogP contribution is 2.25. The number of rotatable bonds is 4. The molecule has 0 radical (unpaired) electrons. The number of aromatic nitrogens is 1. The van der Waals surface area contributed by atoms with Crippen LogP contribution in [-0.4, -0.2) is 11.5 Å². The summed E-state index contributed by atoms with van der Waals surface area (Å²) in [4.78, 5) is 4.66. The minimum Gasteiger partial charge on any atom is -0.384 e. The highest BCUT2D eigenvalue weighted by molar-refractivity contribution is 14.1. The van der Waals surface area contributed by atoms with Crippen molar-refractivity contribution < 1.29 is 0 Å². The van der Waals surface area contributed by atoms with Crippen LogP contribution < -0.4 is 5.32 Å². The highest BCUT2D eigenvalue weighted by atomic mass is 127. The number of aryl methyl sites for hydroxylation is 1. The van der Waals surface area contributed by atoms with E-state index in [0.717, 1.165) is 30.6 Å². The van der Waals surface area contributed by atoms with Crippen LogP contribution in [0.15, 0.2) is 24.3 Å². The molecule has 0 saturated carbocycles. The van der Waals surface area contributed by atoms with E-state index in [1.165, 1.54) is 14.6 Å². The van der Waals surface area contributed by atoms with E-state index < -0.39 is 0 Å². The van der Waals surface area contributed by atoms with E-state index in [9.17, 15) is 0 Å². The first-order valence-corrected chi connectivity index (χ1v) is 7.15. The van der Waals surface area contributed by atoms with Gasteiger partial charge in [-0.3, -0.25) is 4.98 Å². The standard InChI is InChI=1S/C14H17IN2/c1-3-7-16-14-9-11(4-2)17-13-6-5-10(15)8-12(13)14/h5-6,8-9H,3-4,7H2,1-2H3,(H,16,17). The van der Waals surface area contributed by atoms with Gasteiger partial charge in [-0.1, -0.05) is 13.8 Å². The zero-order valence-corrected chi connectivity index (χ0v) is 12.4. The maximum absolute atomic E-state index is 4.66. The van der Waals surface area contributed by atoms with Crippen molar-refractivity contribution in [3.8, 4) is 0 Å². The zero-order valence-electron chi connectivity index (χ0n) is 10.3. The number of halogens is 1. The number of hydrogen-bond acceptors (Lipinski definition) is 2. The smallest absolute Gasteiger partial charge is 0.0726 e. The van der Waals surface area contributed by atoms with E-state index in [0.29, 0.717) is 0 Å². The Morgan fingerprint density at radius 2 is 2.06 bits per heavy atom. The molecule has 0 aliphatic carbocycles. The molecule has 0 bridgehead atoms. The molecular formula is C14H17IN2. The summed E-state index contributed by atoms with van der Waals surface area (Å²) in [7, 11) is 0. The molecule has 90 valence electrons. The predicted molar refractivity (Wildman–Crippen MR) is 82.6 cm³/mol. The zero-order chi connectivity index (χ0) is 12.3. The van der Waals surface area contributed by atoms with Gasteiger partial charge in [0.25, 0.3) is 0 Å². The van der Waals surface area contributed by atoms with Gasteiger partial charge in [0.1, 0.15) is 0 Å². The topological polar surface area (TPSA) is 24.9 Å². The second kappa shape index (κ2) is 5.67. The first kappa shape index (κ1) is 12.6. The molecule has 0 unspecified atom stereocenters. The summed E-state index contributed by atoms with van der Waals surface area (Å²) >= 11 is 2.34. The summed E-state index contributed by atoms with van der Waals surface area (Å²) < 4.78 is 1.25. The van der Waals surface area contributed by atoms with Crippen molar-refractivity contribution in [2.24, 2.45) is 0 Å². The first-order chi connectivity index (χ1) is 8.24. The van der Waals surface area contributed by atoms with E-state index in [-0.39, 0.29) is 0 Å². The third kappa shape index (κ3) is 2.89. The quantitative estimate of drug-likeness (QED) is 0.843. The molecule has 1 aromatic heterocycles. The van der Waals surface area contributed by atoms with E-state index in [2.05, 4.69) is 71.0 Å². The van der Waals surface area contributed by atoms with E-state index in [1.807, 2.05) is 0 Å².